The number of nitrogens with zero attached hydrogens (tertiary/aromatic N) is 1. The Bertz CT molecular complexity index is 2190. The topological polar surface area (TPSA) is 137 Å². The van der Waals surface area contributed by atoms with Crippen molar-refractivity contribution in [1.29, 1.82) is 0 Å². The second-order valence-electron chi connectivity index (χ2n) is 15.8. The Labute approximate surface area is 356 Å². The van der Waals surface area contributed by atoms with Gasteiger partial charge in [-0.3, -0.25) is 4.84 Å². The number of hydrogen-bond donors (Lipinski definition) is 1. The number of aromatic nitrogens is 1. The Balaban J connectivity index is 0.000000429. The lowest BCUT2D eigenvalue weighted by molar-refractivity contribution is -0.890. The molecule has 342 valence electrons. The molecule has 61 heavy (non-hydrogen) atoms. The number of rotatable bonds is 14. The number of halogens is 6. The van der Waals surface area contributed by atoms with Crippen LogP contribution in [0.3, 0.4) is 0 Å². The monoisotopic (exact) mass is 927 g/mol. The zero-order valence-corrected chi connectivity index (χ0v) is 36.1. The van der Waals surface area contributed by atoms with Crippen molar-refractivity contribution in [3.05, 3.63) is 83.7 Å². The quantitative estimate of drug-likeness (QED) is 0.0959. The predicted octanol–water partition coefficient (Wildman–Crippen LogP) is 9.96. The maximum absolute atomic E-state index is 15.3. The molecule has 0 atom stereocenters. The minimum absolute atomic E-state index is 0. The lowest BCUT2D eigenvalue weighted by Gasteiger charge is -2.34. The van der Waals surface area contributed by atoms with Crippen LogP contribution in [0, 0.1) is 0 Å². The smallest absolute Gasteiger partial charge is 0.377 e. The third-order valence-electron chi connectivity index (χ3n) is 11.4. The molecule has 3 aliphatic carbocycles. The average Bonchev–Trinajstić information content (AvgIpc) is 3.21. The van der Waals surface area contributed by atoms with E-state index in [1.165, 1.54) is 11.1 Å². The summed E-state index contributed by atoms with van der Waals surface area (Å²) in [4.78, 5) is 5.31. The highest BCUT2D eigenvalue weighted by atomic mass is 32.3. The molecule has 1 aromatic heterocycles. The van der Waals surface area contributed by atoms with Gasteiger partial charge in [-0.25, -0.2) is 16.8 Å². The van der Waals surface area contributed by atoms with Crippen molar-refractivity contribution < 1.29 is 65.3 Å². The highest BCUT2D eigenvalue weighted by molar-refractivity contribution is 8.05. The van der Waals surface area contributed by atoms with Gasteiger partial charge in [-0.2, -0.15) is 34.8 Å². The SMILES string of the molecule is C.CCO[n+]1ccc(-c2ccccc2)cc1.CS(=O)(=O)NS(=O)(=O)C(F)(F)C(F)(F)C(F)(F)S(=O)(=O)Oc1c(C2CCCCC2)cc(C2CCCCC2)cc1C1CCCCC1. The van der Waals surface area contributed by atoms with E-state index in [0.717, 1.165) is 76.2 Å². The molecule has 6 rings (SSSR count). The van der Waals surface area contributed by atoms with Crippen molar-refractivity contribution in [2.75, 3.05) is 12.9 Å². The maximum atomic E-state index is 15.3. The molecule has 0 saturated heterocycles. The number of hydrogen-bond acceptors (Lipinski definition) is 8. The van der Waals surface area contributed by atoms with Gasteiger partial charge in [0.05, 0.1) is 6.26 Å². The molecule has 3 aliphatic rings. The van der Waals surface area contributed by atoms with E-state index >= 15 is 8.78 Å². The predicted molar refractivity (Wildman–Crippen MR) is 221 cm³/mol. The normalized spacial score (nSPS) is 18.0. The van der Waals surface area contributed by atoms with Crippen LogP contribution in [0.25, 0.3) is 11.1 Å². The van der Waals surface area contributed by atoms with E-state index in [9.17, 15) is 42.8 Å². The first-order valence-electron chi connectivity index (χ1n) is 20.3. The summed E-state index contributed by atoms with van der Waals surface area (Å²) in [6.45, 7) is 2.65. The Morgan fingerprint density at radius 3 is 1.49 bits per heavy atom. The van der Waals surface area contributed by atoms with Crippen LogP contribution < -0.4 is 17.9 Å². The summed E-state index contributed by atoms with van der Waals surface area (Å²) in [5.41, 5.74) is 3.76. The molecule has 0 unspecified atom stereocenters. The summed E-state index contributed by atoms with van der Waals surface area (Å²) in [6.07, 6.45) is 15.3. The molecular weight excluding hydrogens is 871 g/mol. The van der Waals surface area contributed by atoms with Crippen molar-refractivity contribution in [3.63, 3.8) is 0 Å². The number of alkyl halides is 6. The van der Waals surface area contributed by atoms with Gasteiger partial charge < -0.3 is 4.18 Å². The molecule has 3 fully saturated rings. The Morgan fingerprint density at radius 2 is 1.07 bits per heavy atom. The van der Waals surface area contributed by atoms with Crippen LogP contribution in [-0.2, 0) is 30.2 Å². The summed E-state index contributed by atoms with van der Waals surface area (Å²) in [7, 11) is -19.3. The van der Waals surface area contributed by atoms with Crippen LogP contribution in [0.2, 0.25) is 0 Å². The van der Waals surface area contributed by atoms with E-state index in [2.05, 4.69) is 12.1 Å². The summed E-state index contributed by atoms with van der Waals surface area (Å²) in [6, 6.07) is 17.7. The standard InChI is InChI=1S/C28H39F6NO7S3.C13H14NO.CH4/c1-43(36,37)35-44(38,39)27(31,32)26(29,30)28(33,34)45(40,41)42-25-23(20-13-7-3-8-14-20)17-22(19-11-5-2-6-12-19)18-24(25)21-15-9-4-10-16-21;1-2-15-14-10-8-13(9-11-14)12-6-4-3-5-7-12;/h17-21,35H,2-16H2,1H3;3-11H,2H2,1H3;1H4/q;+1;. The minimum Gasteiger partial charge on any atom is -0.377 e. The van der Waals surface area contributed by atoms with Crippen molar-refractivity contribution in [2.24, 2.45) is 0 Å². The molecule has 0 radical (unpaired) electrons. The molecule has 0 spiro atoms. The molecule has 2 aromatic carbocycles. The van der Waals surface area contributed by atoms with Gasteiger partial charge in [0.25, 0.3) is 10.0 Å². The minimum atomic E-state index is -7.16. The van der Waals surface area contributed by atoms with Crippen LogP contribution in [0.15, 0.2) is 67.0 Å². The Kier molecular flexibility index (Phi) is 16.8. The molecule has 1 N–H and O–H groups in total. The Morgan fingerprint density at radius 1 is 0.639 bits per heavy atom. The molecule has 0 bridgehead atoms. The summed E-state index contributed by atoms with van der Waals surface area (Å²) in [5, 5.41) is -13.7. The fraction of sp³-hybridized carbons (Fsp3) is 0.595. The van der Waals surface area contributed by atoms with E-state index in [1.54, 1.807) is 16.9 Å². The first-order valence-corrected chi connectivity index (χ1v) is 25.1. The zero-order valence-electron chi connectivity index (χ0n) is 33.6. The average molecular weight is 928 g/mol. The number of benzene rings is 2. The second-order valence-corrected chi connectivity index (χ2v) is 21.1. The van der Waals surface area contributed by atoms with Crippen molar-refractivity contribution in [3.8, 4) is 16.9 Å². The van der Waals surface area contributed by atoms with E-state index in [-0.39, 0.29) is 46.7 Å². The van der Waals surface area contributed by atoms with E-state index < -0.39 is 52.3 Å². The van der Waals surface area contributed by atoms with Crippen molar-refractivity contribution in [1.82, 2.24) is 4.13 Å². The fourth-order valence-electron chi connectivity index (χ4n) is 8.28. The van der Waals surface area contributed by atoms with E-state index in [0.29, 0.717) is 32.3 Å². The van der Waals surface area contributed by atoms with Gasteiger partial charge >= 0.3 is 26.5 Å². The van der Waals surface area contributed by atoms with Gasteiger partial charge in [0, 0.05) is 16.9 Å². The van der Waals surface area contributed by atoms with Crippen LogP contribution in [0.1, 0.15) is 145 Å². The molecule has 10 nitrogen and oxygen atoms in total. The molecule has 0 aliphatic heterocycles. The number of sulfonamides is 2. The van der Waals surface area contributed by atoms with E-state index in [4.69, 9.17) is 9.02 Å². The van der Waals surface area contributed by atoms with Gasteiger partial charge in [0.15, 0.2) is 6.61 Å². The number of pyridine rings is 1. The van der Waals surface area contributed by atoms with Crippen LogP contribution in [-0.4, -0.2) is 54.5 Å². The molecule has 0 amide bonds. The third kappa shape index (κ3) is 11.6. The van der Waals surface area contributed by atoms with Gasteiger partial charge in [0.1, 0.15) is 5.75 Å². The highest BCUT2D eigenvalue weighted by Gasteiger charge is 2.83. The largest absolute Gasteiger partial charge is 0.450 e. The van der Waals surface area contributed by atoms with Gasteiger partial charge in [-0.1, -0.05) is 108 Å². The third-order valence-corrected chi connectivity index (χ3v) is 15.6. The lowest BCUT2D eigenvalue weighted by atomic mass is 9.75. The fourth-order valence-corrected chi connectivity index (χ4v) is 11.8. The number of nitrogens with one attached hydrogen (secondary N) is 1. The summed E-state index contributed by atoms with van der Waals surface area (Å²) in [5.74, 6) is -8.39. The lowest BCUT2D eigenvalue weighted by Crippen LogP contribution is -2.63. The first-order chi connectivity index (χ1) is 28.1. The second kappa shape index (κ2) is 20.4. The van der Waals surface area contributed by atoms with Crippen molar-refractivity contribution in [2.45, 2.75) is 145 Å². The zero-order chi connectivity index (χ0) is 44.0. The molecule has 3 aromatic rings. The Hall–Kier alpha value is -3.42. The molecule has 3 saturated carbocycles. The van der Waals surface area contributed by atoms with Gasteiger partial charge in [-0.05, 0) is 91.0 Å². The maximum Gasteiger partial charge on any atom is 0.450 e. The summed E-state index contributed by atoms with van der Waals surface area (Å²) >= 11 is 0. The summed E-state index contributed by atoms with van der Waals surface area (Å²) < 4.78 is 169. The molecule has 19 heteroatoms. The van der Waals surface area contributed by atoms with Crippen molar-refractivity contribution >= 4 is 30.2 Å². The van der Waals surface area contributed by atoms with Crippen LogP contribution >= 0.6 is 0 Å². The first kappa shape index (κ1) is 50.2. The molecule has 1 heterocycles. The van der Waals surface area contributed by atoms with Gasteiger partial charge in [-0.15, -0.1) is 4.13 Å². The van der Waals surface area contributed by atoms with Crippen LogP contribution in [0.4, 0.5) is 26.3 Å². The highest BCUT2D eigenvalue weighted by Crippen LogP contribution is 2.53. The van der Waals surface area contributed by atoms with Gasteiger partial charge in [0.2, 0.25) is 22.4 Å². The molecular formula is C42H57F6N2O8S3+. The van der Waals surface area contributed by atoms with E-state index in [1.807, 2.05) is 49.6 Å². The van der Waals surface area contributed by atoms with Crippen LogP contribution in [0.5, 0.6) is 5.75 Å².